The van der Waals surface area contributed by atoms with Gasteiger partial charge in [0.25, 0.3) is 0 Å². The Morgan fingerprint density at radius 2 is 1.92 bits per heavy atom. The fourth-order valence-electron chi connectivity index (χ4n) is 3.54. The summed E-state index contributed by atoms with van der Waals surface area (Å²) in [5.41, 5.74) is 4.73. The van der Waals surface area contributed by atoms with Crippen LogP contribution in [0.1, 0.15) is 29.1 Å². The molecule has 2 aromatic rings. The molecule has 138 valence electrons. The average Bonchev–Trinajstić information content (AvgIpc) is 3.05. The number of rotatable bonds is 7. The van der Waals surface area contributed by atoms with Gasteiger partial charge < -0.3 is 15.0 Å². The fourth-order valence-corrected chi connectivity index (χ4v) is 3.54. The monoisotopic (exact) mass is 346 g/mol. The first-order chi connectivity index (χ1) is 12.1. The lowest BCUT2D eigenvalue weighted by Gasteiger charge is -2.29. The van der Waals surface area contributed by atoms with E-state index in [4.69, 9.17) is 4.74 Å². The fraction of sp³-hybridized carbons (Fsp3) is 0.667. The van der Waals surface area contributed by atoms with Gasteiger partial charge >= 0.3 is 0 Å². The molecule has 0 atom stereocenters. The first-order valence-corrected chi connectivity index (χ1v) is 9.13. The third-order valence-electron chi connectivity index (χ3n) is 4.75. The van der Waals surface area contributed by atoms with Crippen LogP contribution in [0.3, 0.4) is 0 Å². The van der Waals surface area contributed by atoms with Gasteiger partial charge in [-0.2, -0.15) is 10.2 Å². The summed E-state index contributed by atoms with van der Waals surface area (Å²) in [6, 6.07) is 2.13. The Bertz CT molecular complexity index is 699. The van der Waals surface area contributed by atoms with E-state index < -0.39 is 0 Å². The van der Waals surface area contributed by atoms with E-state index >= 15 is 0 Å². The minimum Gasteiger partial charge on any atom is -0.378 e. The number of morpholine rings is 1. The number of hydrogen-bond acceptors (Lipinski definition) is 5. The first-order valence-electron chi connectivity index (χ1n) is 9.13. The lowest BCUT2D eigenvalue weighted by Crippen LogP contribution is -2.38. The third kappa shape index (κ3) is 4.22. The van der Waals surface area contributed by atoms with Gasteiger partial charge in [0.05, 0.1) is 24.6 Å². The lowest BCUT2D eigenvalue weighted by atomic mass is 10.2. The SMILES string of the molecule is Cc1cc(C)n(CCCNCc2c(C)nn(C)c2N2CCOCC2)n1. The van der Waals surface area contributed by atoms with Gasteiger partial charge in [-0.3, -0.25) is 9.36 Å². The van der Waals surface area contributed by atoms with Crippen LogP contribution in [0, 0.1) is 20.8 Å². The maximum Gasteiger partial charge on any atom is 0.131 e. The molecule has 3 rings (SSSR count). The molecule has 0 aliphatic carbocycles. The summed E-state index contributed by atoms with van der Waals surface area (Å²) in [4.78, 5) is 2.39. The van der Waals surface area contributed by atoms with Gasteiger partial charge in [-0.25, -0.2) is 0 Å². The Hall–Kier alpha value is -1.86. The van der Waals surface area contributed by atoms with Gasteiger partial charge in [0.15, 0.2) is 0 Å². The van der Waals surface area contributed by atoms with Crippen LogP contribution in [0.15, 0.2) is 6.07 Å². The molecule has 0 saturated carbocycles. The van der Waals surface area contributed by atoms with E-state index in [1.165, 1.54) is 17.1 Å². The molecule has 0 amide bonds. The van der Waals surface area contributed by atoms with Crippen molar-refractivity contribution in [1.82, 2.24) is 24.9 Å². The zero-order valence-electron chi connectivity index (χ0n) is 15.9. The van der Waals surface area contributed by atoms with Crippen molar-refractivity contribution >= 4 is 5.82 Å². The molecule has 0 spiro atoms. The quantitative estimate of drug-likeness (QED) is 0.771. The molecular formula is C18H30N6O. The number of anilines is 1. The molecular weight excluding hydrogens is 316 g/mol. The molecule has 0 aromatic carbocycles. The number of hydrogen-bond donors (Lipinski definition) is 1. The molecule has 1 aliphatic rings. The summed E-state index contributed by atoms with van der Waals surface area (Å²) in [7, 11) is 2.03. The van der Waals surface area contributed by atoms with Gasteiger partial charge in [0, 0.05) is 44.5 Å². The van der Waals surface area contributed by atoms with Crippen LogP contribution in [0.5, 0.6) is 0 Å². The Balaban J connectivity index is 1.53. The van der Waals surface area contributed by atoms with Crippen LogP contribution in [-0.2, 0) is 24.9 Å². The highest BCUT2D eigenvalue weighted by Crippen LogP contribution is 2.24. The molecule has 0 bridgehead atoms. The molecule has 7 nitrogen and oxygen atoms in total. The van der Waals surface area contributed by atoms with Gasteiger partial charge in [-0.05, 0) is 39.8 Å². The van der Waals surface area contributed by atoms with Crippen LogP contribution in [0.2, 0.25) is 0 Å². The predicted molar refractivity (Wildman–Crippen MR) is 99.0 cm³/mol. The smallest absolute Gasteiger partial charge is 0.131 e. The molecule has 1 aliphatic heterocycles. The van der Waals surface area contributed by atoms with Crippen LogP contribution in [0.4, 0.5) is 5.82 Å². The number of nitrogens with one attached hydrogen (secondary N) is 1. The Kier molecular flexibility index (Phi) is 5.75. The first kappa shape index (κ1) is 17.9. The Morgan fingerprint density at radius 3 is 2.60 bits per heavy atom. The molecule has 7 heteroatoms. The third-order valence-corrected chi connectivity index (χ3v) is 4.75. The normalized spacial score (nSPS) is 15.1. The maximum absolute atomic E-state index is 5.48. The van der Waals surface area contributed by atoms with E-state index in [1.807, 2.05) is 18.7 Å². The topological polar surface area (TPSA) is 60.1 Å². The number of nitrogens with zero attached hydrogens (tertiary/aromatic N) is 5. The molecule has 0 unspecified atom stereocenters. The molecule has 1 saturated heterocycles. The standard InChI is InChI=1S/C18H30N6O/c1-14-12-15(2)24(20-14)7-5-6-19-13-17-16(3)21-22(4)18(17)23-8-10-25-11-9-23/h12,19H,5-11,13H2,1-4H3. The van der Waals surface area contributed by atoms with Crippen LogP contribution in [-0.4, -0.2) is 52.4 Å². The van der Waals surface area contributed by atoms with Crippen molar-refractivity contribution in [3.8, 4) is 0 Å². The van der Waals surface area contributed by atoms with E-state index in [9.17, 15) is 0 Å². The minimum atomic E-state index is 0.791. The van der Waals surface area contributed by atoms with Crippen molar-refractivity contribution < 1.29 is 4.74 Å². The summed E-state index contributed by atoms with van der Waals surface area (Å²) < 4.78 is 9.58. The Morgan fingerprint density at radius 1 is 1.16 bits per heavy atom. The van der Waals surface area contributed by atoms with E-state index in [0.29, 0.717) is 0 Å². The highest BCUT2D eigenvalue weighted by atomic mass is 16.5. The zero-order chi connectivity index (χ0) is 17.8. The average molecular weight is 346 g/mol. The number of aromatic nitrogens is 4. The van der Waals surface area contributed by atoms with Crippen molar-refractivity contribution in [3.63, 3.8) is 0 Å². The van der Waals surface area contributed by atoms with Crippen molar-refractivity contribution in [2.45, 2.75) is 40.3 Å². The molecule has 3 heterocycles. The largest absolute Gasteiger partial charge is 0.378 e. The maximum atomic E-state index is 5.48. The van der Waals surface area contributed by atoms with Gasteiger partial charge in [0.2, 0.25) is 0 Å². The summed E-state index contributed by atoms with van der Waals surface area (Å²) in [5, 5.41) is 12.7. The van der Waals surface area contributed by atoms with Crippen molar-refractivity contribution in [3.05, 3.63) is 28.7 Å². The molecule has 1 N–H and O–H groups in total. The van der Waals surface area contributed by atoms with E-state index in [2.05, 4.69) is 45.0 Å². The van der Waals surface area contributed by atoms with Crippen LogP contribution >= 0.6 is 0 Å². The highest BCUT2D eigenvalue weighted by molar-refractivity contribution is 5.50. The second kappa shape index (κ2) is 8.01. The van der Waals surface area contributed by atoms with E-state index in [1.54, 1.807) is 0 Å². The predicted octanol–water partition coefficient (Wildman–Crippen LogP) is 1.56. The lowest BCUT2D eigenvalue weighted by molar-refractivity contribution is 0.122. The Labute approximate surface area is 149 Å². The van der Waals surface area contributed by atoms with E-state index in [0.717, 1.165) is 63.7 Å². The molecule has 2 aromatic heterocycles. The summed E-state index contributed by atoms with van der Waals surface area (Å²) in [5.74, 6) is 1.23. The number of aryl methyl sites for hydroxylation is 5. The van der Waals surface area contributed by atoms with Crippen LogP contribution in [0.25, 0.3) is 0 Å². The summed E-state index contributed by atoms with van der Waals surface area (Å²) in [6.07, 6.45) is 1.06. The summed E-state index contributed by atoms with van der Waals surface area (Å²) >= 11 is 0. The van der Waals surface area contributed by atoms with Crippen molar-refractivity contribution in [2.24, 2.45) is 7.05 Å². The van der Waals surface area contributed by atoms with Gasteiger partial charge in [0.1, 0.15) is 5.82 Å². The van der Waals surface area contributed by atoms with Crippen LogP contribution < -0.4 is 10.2 Å². The van der Waals surface area contributed by atoms with E-state index in [-0.39, 0.29) is 0 Å². The second-order valence-electron chi connectivity index (χ2n) is 6.79. The van der Waals surface area contributed by atoms with Gasteiger partial charge in [-0.1, -0.05) is 0 Å². The van der Waals surface area contributed by atoms with Crippen molar-refractivity contribution in [2.75, 3.05) is 37.7 Å². The summed E-state index contributed by atoms with van der Waals surface area (Å²) in [6.45, 7) is 12.5. The highest BCUT2D eigenvalue weighted by Gasteiger charge is 2.20. The zero-order valence-corrected chi connectivity index (χ0v) is 15.9. The van der Waals surface area contributed by atoms with Gasteiger partial charge in [-0.15, -0.1) is 0 Å². The minimum absolute atomic E-state index is 0.791. The second-order valence-corrected chi connectivity index (χ2v) is 6.79. The molecule has 1 fully saturated rings. The molecule has 0 radical (unpaired) electrons. The molecule has 25 heavy (non-hydrogen) atoms. The number of ether oxygens (including phenoxy) is 1. The van der Waals surface area contributed by atoms with Crippen molar-refractivity contribution in [1.29, 1.82) is 0 Å².